The molecule has 0 bridgehead atoms. The summed E-state index contributed by atoms with van der Waals surface area (Å²) >= 11 is 1.74. The fraction of sp³-hybridized carbons (Fsp3) is 0.462. The van der Waals surface area contributed by atoms with Crippen LogP contribution in [-0.2, 0) is 4.79 Å². The summed E-state index contributed by atoms with van der Waals surface area (Å²) in [5.41, 5.74) is 6.35. The van der Waals surface area contributed by atoms with Crippen molar-refractivity contribution in [3.05, 3.63) is 29.8 Å². The molecule has 0 saturated carbocycles. The smallest absolute Gasteiger partial charge is 0.217 e. The largest absolute Gasteiger partial charge is 0.370 e. The van der Waals surface area contributed by atoms with Crippen molar-refractivity contribution in [1.82, 2.24) is 5.32 Å². The topological polar surface area (TPSA) is 55.1 Å². The average molecular weight is 252 g/mol. The lowest BCUT2D eigenvalue weighted by molar-refractivity contribution is -0.118. The Morgan fingerprint density at radius 2 is 2.06 bits per heavy atom. The van der Waals surface area contributed by atoms with E-state index in [9.17, 15) is 4.79 Å². The standard InChI is InChI=1S/C13H20N2OS/c1-10(15-9-3-4-13(14)16)11-5-7-12(17-2)8-6-11/h5-8,10,15H,3-4,9H2,1-2H3,(H2,14,16). The molecule has 1 aromatic rings. The summed E-state index contributed by atoms with van der Waals surface area (Å²) in [7, 11) is 0. The summed E-state index contributed by atoms with van der Waals surface area (Å²) in [6, 6.07) is 8.83. The highest BCUT2D eigenvalue weighted by molar-refractivity contribution is 7.98. The van der Waals surface area contributed by atoms with Gasteiger partial charge in [0.25, 0.3) is 0 Å². The van der Waals surface area contributed by atoms with E-state index in [2.05, 4.69) is 42.8 Å². The Kier molecular flexibility index (Phi) is 6.08. The van der Waals surface area contributed by atoms with E-state index in [1.165, 1.54) is 10.5 Å². The molecule has 4 heteroatoms. The zero-order valence-corrected chi connectivity index (χ0v) is 11.2. The van der Waals surface area contributed by atoms with Crippen molar-refractivity contribution in [1.29, 1.82) is 0 Å². The summed E-state index contributed by atoms with van der Waals surface area (Å²) in [6.07, 6.45) is 3.31. The summed E-state index contributed by atoms with van der Waals surface area (Å²) in [4.78, 5) is 11.8. The lowest BCUT2D eigenvalue weighted by Gasteiger charge is -2.14. The minimum Gasteiger partial charge on any atom is -0.370 e. The van der Waals surface area contributed by atoms with Crippen LogP contribution in [0, 0.1) is 0 Å². The molecule has 17 heavy (non-hydrogen) atoms. The maximum atomic E-state index is 10.6. The van der Waals surface area contributed by atoms with Crippen LogP contribution in [0.3, 0.4) is 0 Å². The molecule has 0 fully saturated rings. The van der Waals surface area contributed by atoms with Crippen LogP contribution in [-0.4, -0.2) is 18.7 Å². The first-order valence-electron chi connectivity index (χ1n) is 5.79. The van der Waals surface area contributed by atoms with Gasteiger partial charge in [-0.2, -0.15) is 0 Å². The number of nitrogens with one attached hydrogen (secondary N) is 1. The van der Waals surface area contributed by atoms with E-state index in [0.717, 1.165) is 13.0 Å². The Hall–Kier alpha value is -1.00. The van der Waals surface area contributed by atoms with Crippen LogP contribution < -0.4 is 11.1 Å². The van der Waals surface area contributed by atoms with Gasteiger partial charge in [-0.05, 0) is 43.8 Å². The molecular weight excluding hydrogens is 232 g/mol. The van der Waals surface area contributed by atoms with Crippen molar-refractivity contribution in [2.45, 2.75) is 30.7 Å². The van der Waals surface area contributed by atoms with Crippen LogP contribution in [0.25, 0.3) is 0 Å². The SMILES string of the molecule is CSc1ccc(C(C)NCCCC(N)=O)cc1. The Labute approximate surface area is 107 Å². The van der Waals surface area contributed by atoms with Crippen LogP contribution in [0.15, 0.2) is 29.2 Å². The van der Waals surface area contributed by atoms with Crippen molar-refractivity contribution < 1.29 is 4.79 Å². The third-order valence-corrected chi connectivity index (χ3v) is 3.41. The van der Waals surface area contributed by atoms with E-state index in [-0.39, 0.29) is 5.91 Å². The molecule has 1 rings (SSSR count). The van der Waals surface area contributed by atoms with Gasteiger partial charge in [-0.25, -0.2) is 0 Å². The molecule has 0 saturated heterocycles. The molecule has 0 aromatic heterocycles. The van der Waals surface area contributed by atoms with Gasteiger partial charge in [0.15, 0.2) is 0 Å². The van der Waals surface area contributed by atoms with Crippen LogP contribution in [0.5, 0.6) is 0 Å². The van der Waals surface area contributed by atoms with E-state index in [1.54, 1.807) is 11.8 Å². The van der Waals surface area contributed by atoms with E-state index >= 15 is 0 Å². The number of primary amides is 1. The van der Waals surface area contributed by atoms with Crippen molar-refractivity contribution in [3.8, 4) is 0 Å². The Morgan fingerprint density at radius 1 is 1.41 bits per heavy atom. The summed E-state index contributed by atoms with van der Waals surface area (Å²) < 4.78 is 0. The molecule has 0 aliphatic rings. The second kappa shape index (κ2) is 7.35. The Balaban J connectivity index is 2.35. The molecule has 1 amide bonds. The maximum absolute atomic E-state index is 10.6. The molecule has 94 valence electrons. The molecule has 0 spiro atoms. The van der Waals surface area contributed by atoms with Gasteiger partial charge in [-0.15, -0.1) is 11.8 Å². The predicted octanol–water partition coefficient (Wildman–Crippen LogP) is 2.32. The lowest BCUT2D eigenvalue weighted by Crippen LogP contribution is -2.21. The quantitative estimate of drug-likeness (QED) is 0.578. The molecule has 1 unspecified atom stereocenters. The predicted molar refractivity (Wildman–Crippen MR) is 73.1 cm³/mol. The lowest BCUT2D eigenvalue weighted by atomic mass is 10.1. The van der Waals surface area contributed by atoms with Crippen LogP contribution in [0.2, 0.25) is 0 Å². The monoisotopic (exact) mass is 252 g/mol. The molecule has 1 aromatic carbocycles. The number of hydrogen-bond acceptors (Lipinski definition) is 3. The minimum atomic E-state index is -0.233. The fourth-order valence-corrected chi connectivity index (χ4v) is 2.00. The van der Waals surface area contributed by atoms with Gasteiger partial charge in [-0.1, -0.05) is 12.1 Å². The first kappa shape index (κ1) is 14.1. The van der Waals surface area contributed by atoms with E-state index in [0.29, 0.717) is 12.5 Å². The zero-order chi connectivity index (χ0) is 12.7. The molecule has 1 atom stereocenters. The number of carbonyl (C=O) groups is 1. The average Bonchev–Trinajstić information content (AvgIpc) is 2.34. The van der Waals surface area contributed by atoms with E-state index < -0.39 is 0 Å². The first-order chi connectivity index (χ1) is 8.13. The van der Waals surface area contributed by atoms with Crippen molar-refractivity contribution in [2.75, 3.05) is 12.8 Å². The molecule has 0 aliphatic heterocycles. The van der Waals surface area contributed by atoms with Crippen LogP contribution >= 0.6 is 11.8 Å². The maximum Gasteiger partial charge on any atom is 0.217 e. The van der Waals surface area contributed by atoms with Gasteiger partial charge in [-0.3, -0.25) is 4.79 Å². The van der Waals surface area contributed by atoms with Gasteiger partial charge < -0.3 is 11.1 Å². The third kappa shape index (κ3) is 5.24. The third-order valence-electron chi connectivity index (χ3n) is 2.67. The summed E-state index contributed by atoms with van der Waals surface area (Å²) in [5, 5.41) is 3.38. The Bertz CT molecular complexity index is 351. The highest BCUT2D eigenvalue weighted by atomic mass is 32.2. The zero-order valence-electron chi connectivity index (χ0n) is 10.4. The molecule has 3 N–H and O–H groups in total. The van der Waals surface area contributed by atoms with Gasteiger partial charge in [0, 0.05) is 17.4 Å². The van der Waals surface area contributed by atoms with Crippen molar-refractivity contribution in [2.24, 2.45) is 5.73 Å². The number of thioether (sulfide) groups is 1. The van der Waals surface area contributed by atoms with Gasteiger partial charge >= 0.3 is 0 Å². The second-order valence-corrected chi connectivity index (χ2v) is 4.90. The first-order valence-corrected chi connectivity index (χ1v) is 7.01. The number of carbonyl (C=O) groups excluding carboxylic acids is 1. The normalized spacial score (nSPS) is 12.4. The number of nitrogens with two attached hydrogens (primary N) is 1. The number of benzene rings is 1. The van der Waals surface area contributed by atoms with Gasteiger partial charge in [0.1, 0.15) is 0 Å². The Morgan fingerprint density at radius 3 is 2.59 bits per heavy atom. The van der Waals surface area contributed by atoms with Crippen LogP contribution in [0.4, 0.5) is 0 Å². The van der Waals surface area contributed by atoms with E-state index in [4.69, 9.17) is 5.73 Å². The van der Waals surface area contributed by atoms with E-state index in [1.807, 2.05) is 0 Å². The molecule has 3 nitrogen and oxygen atoms in total. The minimum absolute atomic E-state index is 0.233. The summed E-state index contributed by atoms with van der Waals surface area (Å²) in [6.45, 7) is 2.94. The van der Waals surface area contributed by atoms with Gasteiger partial charge in [0.05, 0.1) is 0 Å². The number of rotatable bonds is 7. The second-order valence-electron chi connectivity index (χ2n) is 4.02. The molecule has 0 aliphatic carbocycles. The highest BCUT2D eigenvalue weighted by Gasteiger charge is 2.04. The molecule has 0 radical (unpaired) electrons. The highest BCUT2D eigenvalue weighted by Crippen LogP contribution is 2.18. The molecule has 0 heterocycles. The molecular formula is C13H20N2OS. The summed E-state index contributed by atoms with van der Waals surface area (Å²) in [5.74, 6) is -0.233. The number of amides is 1. The van der Waals surface area contributed by atoms with Gasteiger partial charge in [0.2, 0.25) is 5.91 Å². The van der Waals surface area contributed by atoms with Crippen molar-refractivity contribution in [3.63, 3.8) is 0 Å². The number of hydrogen-bond donors (Lipinski definition) is 2. The van der Waals surface area contributed by atoms with Crippen LogP contribution in [0.1, 0.15) is 31.4 Å². The van der Waals surface area contributed by atoms with Crippen molar-refractivity contribution >= 4 is 17.7 Å². The fourth-order valence-electron chi connectivity index (χ4n) is 1.59.